The summed E-state index contributed by atoms with van der Waals surface area (Å²) in [7, 11) is 1.71. The molecule has 5 nitrogen and oxygen atoms in total. The van der Waals surface area contributed by atoms with Crippen molar-refractivity contribution in [3.05, 3.63) is 71.4 Å². The molecule has 3 aromatic rings. The van der Waals surface area contributed by atoms with Crippen molar-refractivity contribution >= 4 is 5.95 Å². The molecule has 0 saturated carbocycles. The predicted octanol–water partition coefficient (Wildman–Crippen LogP) is 3.98. The van der Waals surface area contributed by atoms with Crippen LogP contribution in [0.25, 0.3) is 11.3 Å². The third kappa shape index (κ3) is 3.43. The molecule has 5 rings (SSSR count). The first kappa shape index (κ1) is 19.1. The molecular formula is C25H28N4O. The number of fused-ring (bicyclic) bond motifs is 4. The first-order valence-electron chi connectivity index (χ1n) is 10.8. The van der Waals surface area contributed by atoms with Crippen molar-refractivity contribution in [3.63, 3.8) is 0 Å². The van der Waals surface area contributed by atoms with Gasteiger partial charge in [0.15, 0.2) is 0 Å². The van der Waals surface area contributed by atoms with Gasteiger partial charge in [-0.05, 0) is 61.5 Å². The Labute approximate surface area is 177 Å². The van der Waals surface area contributed by atoms with Crippen LogP contribution in [-0.4, -0.2) is 36.7 Å². The third-order valence-corrected chi connectivity index (χ3v) is 6.58. The number of aromatic nitrogens is 2. The lowest BCUT2D eigenvalue weighted by Gasteiger charge is -2.42. The summed E-state index contributed by atoms with van der Waals surface area (Å²) < 4.78 is 5.45. The van der Waals surface area contributed by atoms with Crippen molar-refractivity contribution in [3.8, 4) is 17.0 Å². The Hall–Kier alpha value is -2.92. The third-order valence-electron chi connectivity index (χ3n) is 6.58. The molecule has 2 aromatic carbocycles. The van der Waals surface area contributed by atoms with Gasteiger partial charge in [0.05, 0.1) is 12.8 Å². The number of ether oxygens (including phenoxy) is 1. The summed E-state index contributed by atoms with van der Waals surface area (Å²) in [6.45, 7) is 2.91. The number of benzene rings is 2. The monoisotopic (exact) mass is 400 g/mol. The number of methoxy groups -OCH3 is 1. The Kier molecular flexibility index (Phi) is 5.13. The molecule has 1 saturated heterocycles. The molecule has 154 valence electrons. The molecule has 5 heteroatoms. The lowest BCUT2D eigenvalue weighted by atomic mass is 9.64. The van der Waals surface area contributed by atoms with Crippen LogP contribution in [0.2, 0.25) is 0 Å². The first-order valence-corrected chi connectivity index (χ1v) is 10.8. The van der Waals surface area contributed by atoms with Crippen molar-refractivity contribution < 1.29 is 4.74 Å². The minimum Gasteiger partial charge on any atom is -0.496 e. The van der Waals surface area contributed by atoms with Crippen molar-refractivity contribution in [1.29, 1.82) is 0 Å². The predicted molar refractivity (Wildman–Crippen MR) is 120 cm³/mol. The summed E-state index contributed by atoms with van der Waals surface area (Å²) in [5.41, 5.74) is 6.49. The van der Waals surface area contributed by atoms with Gasteiger partial charge in [0, 0.05) is 23.7 Å². The number of nitrogens with zero attached hydrogens (tertiary/aromatic N) is 2. The Morgan fingerprint density at radius 2 is 1.87 bits per heavy atom. The Bertz CT molecular complexity index is 1040. The van der Waals surface area contributed by atoms with Gasteiger partial charge in [0.1, 0.15) is 5.75 Å². The van der Waals surface area contributed by atoms with E-state index in [1.807, 2.05) is 24.4 Å². The van der Waals surface area contributed by atoms with Crippen LogP contribution in [-0.2, 0) is 18.3 Å². The van der Waals surface area contributed by atoms with Gasteiger partial charge in [0.25, 0.3) is 0 Å². The molecule has 0 bridgehead atoms. The summed E-state index contributed by atoms with van der Waals surface area (Å²) >= 11 is 0. The summed E-state index contributed by atoms with van der Waals surface area (Å²) in [6.07, 6.45) is 6.26. The number of piperidine rings is 1. The fourth-order valence-electron chi connectivity index (χ4n) is 5.04. The molecule has 1 fully saturated rings. The SMILES string of the molecule is COc1ccccc1CCNc1ncc2c(n1)-c1ccccc1C1(CCNCC1)C2. The zero-order chi connectivity index (χ0) is 20.4. The summed E-state index contributed by atoms with van der Waals surface area (Å²) in [4.78, 5) is 9.58. The van der Waals surface area contributed by atoms with E-state index < -0.39 is 0 Å². The van der Waals surface area contributed by atoms with E-state index in [0.717, 1.165) is 43.9 Å². The van der Waals surface area contributed by atoms with Crippen molar-refractivity contribution in [1.82, 2.24) is 15.3 Å². The molecule has 0 radical (unpaired) electrons. The summed E-state index contributed by atoms with van der Waals surface area (Å²) in [5.74, 6) is 1.62. The topological polar surface area (TPSA) is 59.1 Å². The van der Waals surface area contributed by atoms with E-state index in [0.29, 0.717) is 5.95 Å². The van der Waals surface area contributed by atoms with Gasteiger partial charge < -0.3 is 15.4 Å². The fourth-order valence-corrected chi connectivity index (χ4v) is 5.04. The van der Waals surface area contributed by atoms with Crippen molar-refractivity contribution in [2.75, 3.05) is 32.1 Å². The minimum absolute atomic E-state index is 0.219. The second-order valence-corrected chi connectivity index (χ2v) is 8.31. The van der Waals surface area contributed by atoms with Crippen LogP contribution in [0.5, 0.6) is 5.75 Å². The lowest BCUT2D eigenvalue weighted by Crippen LogP contribution is -2.43. The van der Waals surface area contributed by atoms with Crippen LogP contribution >= 0.6 is 0 Å². The highest BCUT2D eigenvalue weighted by molar-refractivity contribution is 5.72. The highest BCUT2D eigenvalue weighted by atomic mass is 16.5. The highest BCUT2D eigenvalue weighted by Crippen LogP contribution is 2.46. The molecule has 1 aliphatic heterocycles. The minimum atomic E-state index is 0.219. The smallest absolute Gasteiger partial charge is 0.223 e. The number of nitrogens with one attached hydrogen (secondary N) is 2. The van der Waals surface area contributed by atoms with E-state index in [-0.39, 0.29) is 5.41 Å². The van der Waals surface area contributed by atoms with E-state index >= 15 is 0 Å². The molecule has 2 heterocycles. The van der Waals surface area contributed by atoms with Crippen LogP contribution in [0.3, 0.4) is 0 Å². The van der Waals surface area contributed by atoms with E-state index in [1.54, 1.807) is 7.11 Å². The molecule has 1 aromatic heterocycles. The number of anilines is 1. The number of hydrogen-bond acceptors (Lipinski definition) is 5. The van der Waals surface area contributed by atoms with Gasteiger partial charge in [-0.25, -0.2) is 9.97 Å². The largest absolute Gasteiger partial charge is 0.496 e. The normalized spacial score (nSPS) is 16.6. The quantitative estimate of drug-likeness (QED) is 0.678. The van der Waals surface area contributed by atoms with Gasteiger partial charge >= 0.3 is 0 Å². The van der Waals surface area contributed by atoms with Gasteiger partial charge in [-0.15, -0.1) is 0 Å². The van der Waals surface area contributed by atoms with E-state index in [4.69, 9.17) is 9.72 Å². The van der Waals surface area contributed by atoms with Gasteiger partial charge in [0.2, 0.25) is 5.95 Å². The van der Waals surface area contributed by atoms with E-state index in [2.05, 4.69) is 45.9 Å². The van der Waals surface area contributed by atoms with Crippen LogP contribution < -0.4 is 15.4 Å². The van der Waals surface area contributed by atoms with Crippen LogP contribution in [0.4, 0.5) is 5.95 Å². The average molecular weight is 401 g/mol. The Morgan fingerprint density at radius 1 is 1.07 bits per heavy atom. The van der Waals surface area contributed by atoms with E-state index in [9.17, 15) is 0 Å². The molecular weight excluding hydrogens is 372 g/mol. The van der Waals surface area contributed by atoms with Crippen LogP contribution in [0, 0.1) is 0 Å². The number of para-hydroxylation sites is 1. The average Bonchev–Trinajstić information content (AvgIpc) is 2.81. The maximum Gasteiger partial charge on any atom is 0.223 e. The fraction of sp³-hybridized carbons (Fsp3) is 0.360. The first-order chi connectivity index (χ1) is 14.8. The zero-order valence-electron chi connectivity index (χ0n) is 17.4. The second kappa shape index (κ2) is 8.07. The number of rotatable bonds is 5. The summed E-state index contributed by atoms with van der Waals surface area (Å²) in [6, 6.07) is 17.0. The highest BCUT2D eigenvalue weighted by Gasteiger charge is 2.40. The lowest BCUT2D eigenvalue weighted by molar-refractivity contribution is 0.302. The molecule has 2 N–H and O–H groups in total. The van der Waals surface area contributed by atoms with Crippen LogP contribution in [0.1, 0.15) is 29.5 Å². The molecule has 2 aliphatic rings. The second-order valence-electron chi connectivity index (χ2n) is 8.31. The van der Waals surface area contributed by atoms with Crippen molar-refractivity contribution in [2.45, 2.75) is 31.1 Å². The van der Waals surface area contributed by atoms with Gasteiger partial charge in [-0.2, -0.15) is 0 Å². The summed E-state index contributed by atoms with van der Waals surface area (Å²) in [5, 5.41) is 6.92. The molecule has 0 atom stereocenters. The Morgan fingerprint density at radius 3 is 2.73 bits per heavy atom. The maximum absolute atomic E-state index is 5.45. The van der Waals surface area contributed by atoms with E-state index in [1.165, 1.54) is 35.1 Å². The maximum atomic E-state index is 5.45. The molecule has 1 spiro atoms. The Balaban J connectivity index is 1.38. The van der Waals surface area contributed by atoms with Crippen LogP contribution in [0.15, 0.2) is 54.7 Å². The van der Waals surface area contributed by atoms with Crippen molar-refractivity contribution in [2.24, 2.45) is 0 Å². The molecule has 0 amide bonds. The molecule has 1 aliphatic carbocycles. The number of hydrogen-bond donors (Lipinski definition) is 2. The molecule has 0 unspecified atom stereocenters. The standard InChI is InChI=1S/C25H28N4O/c1-30-22-9-5-2-6-18(22)10-13-27-24-28-17-19-16-25(11-14-26-15-12-25)21-8-4-3-7-20(21)23(19)29-24/h2-9,17,26H,10-16H2,1H3,(H,27,28,29). The molecule has 30 heavy (non-hydrogen) atoms. The van der Waals surface area contributed by atoms with Gasteiger partial charge in [-0.1, -0.05) is 42.5 Å². The van der Waals surface area contributed by atoms with Gasteiger partial charge in [-0.3, -0.25) is 0 Å². The zero-order valence-corrected chi connectivity index (χ0v) is 17.4.